The molecule has 0 radical (unpaired) electrons. The van der Waals surface area contributed by atoms with Crippen molar-refractivity contribution in [1.82, 2.24) is 0 Å². The van der Waals surface area contributed by atoms with E-state index in [2.05, 4.69) is 51.4 Å². The zero-order valence-electron chi connectivity index (χ0n) is 14.0. The van der Waals surface area contributed by atoms with Crippen LogP contribution in [0.5, 0.6) is 0 Å². The van der Waals surface area contributed by atoms with E-state index in [0.717, 1.165) is 12.8 Å². The Hall–Kier alpha value is -0.486. The highest BCUT2D eigenvalue weighted by Crippen LogP contribution is 2.39. The van der Waals surface area contributed by atoms with Gasteiger partial charge in [-0.15, -0.1) is 0 Å². The fraction of sp³-hybridized carbons (Fsp3) is 0.750. The summed E-state index contributed by atoms with van der Waals surface area (Å²) in [5.74, 6) is 3.84. The predicted octanol–water partition coefficient (Wildman–Crippen LogP) is 5.28. The van der Waals surface area contributed by atoms with Crippen LogP contribution in [0.3, 0.4) is 0 Å². The van der Waals surface area contributed by atoms with Gasteiger partial charge in [-0.1, -0.05) is 0 Å². The molecule has 2 aliphatic carbocycles. The monoisotopic (exact) mass is 310 g/mol. The molecule has 0 fully saturated rings. The van der Waals surface area contributed by atoms with Gasteiger partial charge in [0.2, 0.25) is 16.6 Å². The van der Waals surface area contributed by atoms with Crippen molar-refractivity contribution in [3.63, 3.8) is 0 Å². The molecule has 2 unspecified atom stereocenters. The van der Waals surface area contributed by atoms with Gasteiger partial charge < -0.3 is 8.85 Å². The highest BCUT2D eigenvalue weighted by atomic mass is 28.4. The molecule has 2 rings (SSSR count). The first-order valence-corrected chi connectivity index (χ1v) is 14.7. The van der Waals surface area contributed by atoms with Crippen LogP contribution in [-0.4, -0.2) is 16.6 Å². The van der Waals surface area contributed by atoms with E-state index >= 15 is 0 Å². The van der Waals surface area contributed by atoms with Crippen LogP contribution >= 0.6 is 0 Å². The molecule has 0 spiro atoms. The van der Waals surface area contributed by atoms with Crippen LogP contribution in [0.2, 0.25) is 39.3 Å². The average molecular weight is 311 g/mol. The van der Waals surface area contributed by atoms with Crippen molar-refractivity contribution in [2.75, 3.05) is 0 Å². The van der Waals surface area contributed by atoms with Crippen molar-refractivity contribution in [2.45, 2.75) is 65.0 Å². The van der Waals surface area contributed by atoms with E-state index in [9.17, 15) is 0 Å². The Balaban J connectivity index is 1.94. The van der Waals surface area contributed by atoms with Crippen LogP contribution in [0, 0.1) is 11.8 Å². The normalized spacial score (nSPS) is 27.3. The molecule has 2 aliphatic rings. The first-order valence-electron chi connectivity index (χ1n) is 7.92. The maximum absolute atomic E-state index is 6.15. The fourth-order valence-electron chi connectivity index (χ4n) is 3.06. The molecule has 0 aromatic rings. The van der Waals surface area contributed by atoms with Gasteiger partial charge in [-0.2, -0.15) is 0 Å². The van der Waals surface area contributed by atoms with Gasteiger partial charge in [0, 0.05) is 12.8 Å². The predicted molar refractivity (Wildman–Crippen MR) is 90.5 cm³/mol. The summed E-state index contributed by atoms with van der Waals surface area (Å²) in [5.41, 5.74) is 0. The highest BCUT2D eigenvalue weighted by molar-refractivity contribution is 6.70. The molecule has 20 heavy (non-hydrogen) atoms. The van der Waals surface area contributed by atoms with E-state index in [-0.39, 0.29) is 0 Å². The van der Waals surface area contributed by atoms with E-state index in [1.54, 1.807) is 0 Å². The van der Waals surface area contributed by atoms with Crippen LogP contribution in [0.25, 0.3) is 0 Å². The van der Waals surface area contributed by atoms with Crippen molar-refractivity contribution in [2.24, 2.45) is 11.8 Å². The van der Waals surface area contributed by atoms with Gasteiger partial charge in [-0.3, -0.25) is 0 Å². The van der Waals surface area contributed by atoms with E-state index in [0.29, 0.717) is 11.8 Å². The molecule has 0 aromatic carbocycles. The van der Waals surface area contributed by atoms with E-state index in [4.69, 9.17) is 8.85 Å². The summed E-state index contributed by atoms with van der Waals surface area (Å²) in [4.78, 5) is 0. The number of allylic oxidation sites excluding steroid dienone is 4. The Morgan fingerprint density at radius 3 is 1.40 bits per heavy atom. The van der Waals surface area contributed by atoms with Gasteiger partial charge >= 0.3 is 0 Å². The van der Waals surface area contributed by atoms with Gasteiger partial charge in [-0.25, -0.2) is 0 Å². The standard InChI is InChI=1S/C16H30O2Si2/c1-19(2,3)17-15-9-7-13(11-15)14-8-10-16(12-14)18-20(4,5)6/h11-14H,7-10H2,1-6H3. The second-order valence-electron chi connectivity index (χ2n) is 8.10. The quantitative estimate of drug-likeness (QED) is 0.643. The molecule has 0 saturated heterocycles. The summed E-state index contributed by atoms with van der Waals surface area (Å²) in [6.45, 7) is 13.6. The summed E-state index contributed by atoms with van der Waals surface area (Å²) in [6.07, 6.45) is 9.56. The first-order chi connectivity index (χ1) is 9.12. The van der Waals surface area contributed by atoms with Crippen LogP contribution in [-0.2, 0) is 8.85 Å². The average Bonchev–Trinajstić information content (AvgIpc) is 2.81. The number of hydrogen-bond donors (Lipinski definition) is 0. The maximum atomic E-state index is 6.15. The zero-order valence-corrected chi connectivity index (χ0v) is 16.0. The number of rotatable bonds is 5. The summed E-state index contributed by atoms with van der Waals surface area (Å²) in [7, 11) is -2.88. The molecular weight excluding hydrogens is 280 g/mol. The Bertz CT molecular complexity index is 373. The molecule has 0 amide bonds. The molecule has 0 aliphatic heterocycles. The van der Waals surface area contributed by atoms with Crippen LogP contribution < -0.4 is 0 Å². The first kappa shape index (κ1) is 15.9. The SMILES string of the molecule is C[Si](C)(C)OC1=CC(C2C=C(O[Si](C)(C)C)CC2)CC1. The van der Waals surface area contributed by atoms with Crippen molar-refractivity contribution in [1.29, 1.82) is 0 Å². The topological polar surface area (TPSA) is 18.5 Å². The lowest BCUT2D eigenvalue weighted by Crippen LogP contribution is -2.24. The van der Waals surface area contributed by atoms with Crippen molar-refractivity contribution in [3.05, 3.63) is 23.7 Å². The summed E-state index contributed by atoms with van der Waals surface area (Å²) >= 11 is 0. The molecule has 0 N–H and O–H groups in total. The van der Waals surface area contributed by atoms with E-state index < -0.39 is 16.6 Å². The fourth-order valence-corrected chi connectivity index (χ4v) is 4.97. The molecular formula is C16H30O2Si2. The molecule has 2 nitrogen and oxygen atoms in total. The lowest BCUT2D eigenvalue weighted by molar-refractivity contribution is 0.402. The van der Waals surface area contributed by atoms with Crippen molar-refractivity contribution >= 4 is 16.6 Å². The molecule has 0 bridgehead atoms. The second kappa shape index (κ2) is 5.72. The highest BCUT2D eigenvalue weighted by Gasteiger charge is 2.31. The minimum atomic E-state index is -1.44. The van der Waals surface area contributed by atoms with Crippen LogP contribution in [0.4, 0.5) is 0 Å². The molecule has 4 heteroatoms. The summed E-state index contributed by atoms with van der Waals surface area (Å²) in [6, 6.07) is 0. The molecule has 0 saturated carbocycles. The summed E-state index contributed by atoms with van der Waals surface area (Å²) in [5, 5.41) is 0. The Morgan fingerprint density at radius 2 is 1.10 bits per heavy atom. The Kier molecular flexibility index (Phi) is 4.54. The third-order valence-corrected chi connectivity index (χ3v) is 5.42. The largest absolute Gasteiger partial charge is 0.548 e. The van der Waals surface area contributed by atoms with E-state index in [1.807, 2.05) is 0 Å². The Morgan fingerprint density at radius 1 is 0.750 bits per heavy atom. The third-order valence-electron chi connectivity index (χ3n) is 3.67. The molecule has 0 aromatic heterocycles. The van der Waals surface area contributed by atoms with Crippen LogP contribution in [0.15, 0.2) is 23.7 Å². The summed E-state index contributed by atoms with van der Waals surface area (Å²) < 4.78 is 12.3. The van der Waals surface area contributed by atoms with Gasteiger partial charge in [0.1, 0.15) is 0 Å². The van der Waals surface area contributed by atoms with Gasteiger partial charge in [0.25, 0.3) is 0 Å². The van der Waals surface area contributed by atoms with Gasteiger partial charge in [-0.05, 0) is 76.1 Å². The lowest BCUT2D eigenvalue weighted by atomic mass is 9.92. The lowest BCUT2D eigenvalue weighted by Gasteiger charge is -2.20. The second-order valence-corrected chi connectivity index (χ2v) is 17.0. The Labute approximate surface area is 126 Å². The van der Waals surface area contributed by atoms with Crippen molar-refractivity contribution in [3.8, 4) is 0 Å². The number of hydrogen-bond acceptors (Lipinski definition) is 2. The molecule has 114 valence electrons. The van der Waals surface area contributed by atoms with Crippen molar-refractivity contribution < 1.29 is 8.85 Å². The molecule has 2 atom stereocenters. The minimum absolute atomic E-state index is 0.670. The smallest absolute Gasteiger partial charge is 0.241 e. The van der Waals surface area contributed by atoms with E-state index in [1.165, 1.54) is 24.4 Å². The maximum Gasteiger partial charge on any atom is 0.241 e. The third kappa shape index (κ3) is 4.81. The minimum Gasteiger partial charge on any atom is -0.548 e. The van der Waals surface area contributed by atoms with Gasteiger partial charge in [0.05, 0.1) is 11.5 Å². The van der Waals surface area contributed by atoms with Gasteiger partial charge in [0.15, 0.2) is 0 Å². The van der Waals surface area contributed by atoms with Crippen LogP contribution in [0.1, 0.15) is 25.7 Å². The zero-order chi connectivity index (χ0) is 15.0. The molecule has 0 heterocycles.